The van der Waals surface area contributed by atoms with Gasteiger partial charge in [0, 0.05) is 18.9 Å². The number of carbonyl (C=O) groups is 2. The van der Waals surface area contributed by atoms with E-state index >= 15 is 0 Å². The van der Waals surface area contributed by atoms with Gasteiger partial charge in [0.15, 0.2) is 0 Å². The fraction of sp³-hybridized carbons (Fsp3) is 0.688. The van der Waals surface area contributed by atoms with E-state index in [4.69, 9.17) is 9.84 Å². The first-order valence-electron chi connectivity index (χ1n) is 8.17. The molecule has 0 radical (unpaired) electrons. The highest BCUT2D eigenvalue weighted by molar-refractivity contribution is 5.96. The number of aliphatic carboxylic acids is 1. The smallest absolute Gasteiger partial charge is 0.305 e. The lowest BCUT2D eigenvalue weighted by Gasteiger charge is -2.41. The Morgan fingerprint density at radius 1 is 1.43 bits per heavy atom. The molecule has 7 heteroatoms. The van der Waals surface area contributed by atoms with Gasteiger partial charge >= 0.3 is 5.97 Å². The zero-order chi connectivity index (χ0) is 16.4. The summed E-state index contributed by atoms with van der Waals surface area (Å²) < 4.78 is 7.27. The van der Waals surface area contributed by atoms with Crippen LogP contribution >= 0.6 is 0 Å². The third kappa shape index (κ3) is 3.24. The Morgan fingerprint density at radius 2 is 2.13 bits per heavy atom. The van der Waals surface area contributed by atoms with Crippen molar-refractivity contribution in [3.8, 4) is 0 Å². The summed E-state index contributed by atoms with van der Waals surface area (Å²) in [5, 5.41) is 16.4. The van der Waals surface area contributed by atoms with Gasteiger partial charge in [-0.2, -0.15) is 5.10 Å². The van der Waals surface area contributed by atoms with Gasteiger partial charge in [0.1, 0.15) is 0 Å². The van der Waals surface area contributed by atoms with E-state index in [9.17, 15) is 9.59 Å². The first kappa shape index (κ1) is 16.0. The van der Waals surface area contributed by atoms with E-state index in [0.29, 0.717) is 18.8 Å². The number of hydrogen-bond donors (Lipinski definition) is 2. The van der Waals surface area contributed by atoms with Gasteiger partial charge in [0.25, 0.3) is 5.91 Å². The average molecular weight is 321 g/mol. The largest absolute Gasteiger partial charge is 0.481 e. The molecule has 0 aromatic carbocycles. The summed E-state index contributed by atoms with van der Waals surface area (Å²) in [5.74, 6) is -1.10. The Morgan fingerprint density at radius 3 is 2.70 bits per heavy atom. The molecule has 3 rings (SSSR count). The Balaban J connectivity index is 1.72. The Labute approximate surface area is 135 Å². The molecule has 1 saturated carbocycles. The highest BCUT2D eigenvalue weighted by atomic mass is 16.5. The SMILES string of the molecule is Cc1c(C(=O)NC2(CC(=O)O)CCC2)cnn1C1CCOCC1. The van der Waals surface area contributed by atoms with Crippen LogP contribution < -0.4 is 5.32 Å². The lowest BCUT2D eigenvalue weighted by Crippen LogP contribution is -2.54. The molecule has 1 aliphatic heterocycles. The molecule has 7 nitrogen and oxygen atoms in total. The van der Waals surface area contributed by atoms with Gasteiger partial charge in [-0.15, -0.1) is 0 Å². The number of carboxylic acids is 1. The predicted octanol–water partition coefficient (Wildman–Crippen LogP) is 1.67. The number of nitrogens with zero attached hydrogens (tertiary/aromatic N) is 2. The number of nitrogens with one attached hydrogen (secondary N) is 1. The molecule has 1 aliphatic carbocycles. The fourth-order valence-electron chi connectivity index (χ4n) is 3.49. The van der Waals surface area contributed by atoms with Gasteiger partial charge in [-0.1, -0.05) is 0 Å². The van der Waals surface area contributed by atoms with Crippen LogP contribution in [-0.4, -0.2) is 45.5 Å². The van der Waals surface area contributed by atoms with Crippen molar-refractivity contribution in [3.63, 3.8) is 0 Å². The van der Waals surface area contributed by atoms with Crippen LogP contribution in [0.2, 0.25) is 0 Å². The molecule has 23 heavy (non-hydrogen) atoms. The van der Waals surface area contributed by atoms with Gasteiger partial charge in [-0.3, -0.25) is 14.3 Å². The molecule has 1 saturated heterocycles. The number of carboxylic acid groups (broad SMARTS) is 1. The van der Waals surface area contributed by atoms with Crippen molar-refractivity contribution in [1.29, 1.82) is 0 Å². The summed E-state index contributed by atoms with van der Waals surface area (Å²) in [6.07, 6.45) is 5.75. The first-order valence-corrected chi connectivity index (χ1v) is 8.17. The number of hydrogen-bond acceptors (Lipinski definition) is 4. The van der Waals surface area contributed by atoms with Crippen molar-refractivity contribution in [2.45, 2.75) is 57.0 Å². The molecule has 126 valence electrons. The van der Waals surface area contributed by atoms with Crippen molar-refractivity contribution in [3.05, 3.63) is 17.5 Å². The van der Waals surface area contributed by atoms with Crippen LogP contribution in [0.1, 0.15) is 60.6 Å². The predicted molar refractivity (Wildman–Crippen MR) is 82.4 cm³/mol. The molecule has 1 aromatic rings. The summed E-state index contributed by atoms with van der Waals surface area (Å²) in [7, 11) is 0. The monoisotopic (exact) mass is 321 g/mol. The van der Waals surface area contributed by atoms with Crippen LogP contribution in [-0.2, 0) is 9.53 Å². The minimum Gasteiger partial charge on any atom is -0.481 e. The Bertz CT molecular complexity index is 600. The van der Waals surface area contributed by atoms with Gasteiger partial charge in [-0.25, -0.2) is 0 Å². The summed E-state index contributed by atoms with van der Waals surface area (Å²) in [6, 6.07) is 0.266. The Kier molecular flexibility index (Phi) is 4.39. The second-order valence-electron chi connectivity index (χ2n) is 6.59. The maximum atomic E-state index is 12.6. The van der Waals surface area contributed by atoms with E-state index in [0.717, 1.165) is 37.8 Å². The standard InChI is InChI=1S/C16H23N3O4/c1-11-13(10-17-19(11)12-3-7-23-8-4-12)15(22)18-16(5-2-6-16)9-14(20)21/h10,12H,2-9H2,1H3,(H,18,22)(H,20,21). The molecule has 0 bridgehead atoms. The molecule has 1 amide bonds. The van der Waals surface area contributed by atoms with Gasteiger partial charge < -0.3 is 15.2 Å². The summed E-state index contributed by atoms with van der Waals surface area (Å²) >= 11 is 0. The topological polar surface area (TPSA) is 93.5 Å². The zero-order valence-corrected chi connectivity index (χ0v) is 13.4. The van der Waals surface area contributed by atoms with Gasteiger partial charge in [-0.05, 0) is 39.0 Å². The maximum absolute atomic E-state index is 12.6. The first-order chi connectivity index (χ1) is 11.0. The van der Waals surface area contributed by atoms with E-state index < -0.39 is 11.5 Å². The molecular weight excluding hydrogens is 298 g/mol. The molecule has 2 fully saturated rings. The highest BCUT2D eigenvalue weighted by Gasteiger charge is 2.41. The Hall–Kier alpha value is -1.89. The molecule has 2 aliphatic rings. The van der Waals surface area contributed by atoms with Crippen molar-refractivity contribution < 1.29 is 19.4 Å². The number of carbonyl (C=O) groups excluding carboxylic acids is 1. The number of rotatable bonds is 5. The van der Waals surface area contributed by atoms with Crippen molar-refractivity contribution in [1.82, 2.24) is 15.1 Å². The van der Waals surface area contributed by atoms with Gasteiger partial charge in [0.2, 0.25) is 0 Å². The second kappa shape index (κ2) is 6.31. The quantitative estimate of drug-likeness (QED) is 0.860. The lowest BCUT2D eigenvalue weighted by atomic mass is 9.74. The number of ether oxygens (including phenoxy) is 1. The van der Waals surface area contributed by atoms with E-state index in [2.05, 4.69) is 10.4 Å². The summed E-state index contributed by atoms with van der Waals surface area (Å²) in [5.41, 5.74) is 0.781. The number of amides is 1. The lowest BCUT2D eigenvalue weighted by molar-refractivity contribution is -0.139. The van der Waals surface area contributed by atoms with E-state index in [-0.39, 0.29) is 18.4 Å². The molecule has 0 spiro atoms. The van der Waals surface area contributed by atoms with E-state index in [1.165, 1.54) is 0 Å². The molecule has 2 N–H and O–H groups in total. The molecule has 0 unspecified atom stereocenters. The molecule has 0 atom stereocenters. The van der Waals surface area contributed by atoms with Crippen LogP contribution in [0.4, 0.5) is 0 Å². The zero-order valence-electron chi connectivity index (χ0n) is 13.4. The minimum absolute atomic E-state index is 0.0219. The average Bonchev–Trinajstić information content (AvgIpc) is 2.87. The third-order valence-electron chi connectivity index (χ3n) is 5.00. The molecule has 2 heterocycles. The van der Waals surface area contributed by atoms with Crippen LogP contribution in [0.3, 0.4) is 0 Å². The molecular formula is C16H23N3O4. The normalized spacial score (nSPS) is 20.7. The second-order valence-corrected chi connectivity index (χ2v) is 6.59. The third-order valence-corrected chi connectivity index (χ3v) is 5.00. The van der Waals surface area contributed by atoms with E-state index in [1.54, 1.807) is 6.20 Å². The van der Waals surface area contributed by atoms with Crippen molar-refractivity contribution >= 4 is 11.9 Å². The van der Waals surface area contributed by atoms with Crippen molar-refractivity contribution in [2.24, 2.45) is 0 Å². The van der Waals surface area contributed by atoms with Crippen LogP contribution in [0, 0.1) is 6.92 Å². The van der Waals surface area contributed by atoms with Gasteiger partial charge in [0.05, 0.1) is 29.8 Å². The fourth-order valence-corrected chi connectivity index (χ4v) is 3.49. The van der Waals surface area contributed by atoms with Crippen molar-refractivity contribution in [2.75, 3.05) is 13.2 Å². The number of aromatic nitrogens is 2. The van der Waals surface area contributed by atoms with Crippen LogP contribution in [0.5, 0.6) is 0 Å². The van der Waals surface area contributed by atoms with E-state index in [1.807, 2.05) is 11.6 Å². The minimum atomic E-state index is -0.875. The molecule has 1 aromatic heterocycles. The van der Waals surface area contributed by atoms with Crippen LogP contribution in [0.25, 0.3) is 0 Å². The highest BCUT2D eigenvalue weighted by Crippen LogP contribution is 2.35. The van der Waals surface area contributed by atoms with Crippen LogP contribution in [0.15, 0.2) is 6.20 Å². The maximum Gasteiger partial charge on any atom is 0.305 e. The summed E-state index contributed by atoms with van der Waals surface area (Å²) in [6.45, 7) is 3.32. The summed E-state index contributed by atoms with van der Waals surface area (Å²) in [4.78, 5) is 23.6.